The van der Waals surface area contributed by atoms with Crippen LogP contribution >= 0.6 is 10.2 Å². The topological polar surface area (TPSA) is 118 Å². The molecule has 18 heteroatoms. The molecule has 0 amide bonds. The monoisotopic (exact) mass is 571 g/mol. The molecule has 1 fully saturated rings. The van der Waals surface area contributed by atoms with Gasteiger partial charge in [-0.15, -0.1) is 5.01 Å². The van der Waals surface area contributed by atoms with Crippen molar-refractivity contribution in [2.45, 2.75) is 55.6 Å². The van der Waals surface area contributed by atoms with Gasteiger partial charge in [-0.2, -0.15) is 18.4 Å². The van der Waals surface area contributed by atoms with Crippen molar-refractivity contribution in [3.63, 3.8) is 0 Å². The van der Waals surface area contributed by atoms with Crippen LogP contribution in [0.25, 0.3) is 6.08 Å². The zero-order chi connectivity index (χ0) is 27.9. The molecule has 210 valence electrons. The number of ether oxygens (including phenoxy) is 3. The Labute approximate surface area is 203 Å². The Kier molecular flexibility index (Phi) is 7.11. The molecule has 9 nitrogen and oxygen atoms in total. The van der Waals surface area contributed by atoms with Crippen LogP contribution in [0.2, 0.25) is 0 Å². The summed E-state index contributed by atoms with van der Waals surface area (Å²) in [7, 11) is -10.2. The second kappa shape index (κ2) is 9.16. The van der Waals surface area contributed by atoms with E-state index >= 15 is 0 Å². The molecule has 1 aromatic carbocycles. The van der Waals surface area contributed by atoms with Gasteiger partial charge in [0.25, 0.3) is 0 Å². The quantitative estimate of drug-likeness (QED) is 0.160. The molecule has 0 bridgehead atoms. The molecule has 37 heavy (non-hydrogen) atoms. The fraction of sp³-hybridized carbons (Fsp3) is 0.526. The molecule has 0 spiro atoms. The van der Waals surface area contributed by atoms with E-state index in [1.165, 1.54) is 12.2 Å². The van der Waals surface area contributed by atoms with E-state index in [0.29, 0.717) is 12.5 Å². The molecule has 2 N–H and O–H groups in total. The number of esters is 1. The lowest BCUT2D eigenvalue weighted by molar-refractivity contribution is -0.484. The minimum Gasteiger partial charge on any atom is -0.698 e. The van der Waals surface area contributed by atoms with Crippen LogP contribution in [0.1, 0.15) is 30.9 Å². The van der Waals surface area contributed by atoms with Gasteiger partial charge < -0.3 is 24.5 Å². The standard InChI is InChI=1S/C19H21F8N3O6S/c1-2-10-5-13(37(23,24,25,26)27)6-11-7-14(17(19(20,21)22)36-16(10)11)18(32)35-9-34-15-4-3-12(8-31)30(15)28-29-33/h5-7,12,15,17,29,31H,2-4,8-9H2,1H3/t12-,15?,17?/m0/s1. The van der Waals surface area contributed by atoms with E-state index in [0.717, 1.165) is 5.01 Å². The van der Waals surface area contributed by atoms with Crippen LogP contribution in [0, 0.1) is 5.21 Å². The number of aliphatic hydroxyl groups excluding tert-OH is 1. The number of aryl methyl sites for hydroxylation is 1. The van der Waals surface area contributed by atoms with Crippen molar-refractivity contribution in [1.82, 2.24) is 5.01 Å². The second-order valence-corrected chi connectivity index (χ2v) is 10.5. The number of nitrogens with zero attached hydrogens (tertiary/aromatic N) is 2. The summed E-state index contributed by atoms with van der Waals surface area (Å²) < 4.78 is 123. The van der Waals surface area contributed by atoms with Gasteiger partial charge in [0.2, 0.25) is 12.3 Å². The van der Waals surface area contributed by atoms with Gasteiger partial charge in [-0.05, 0) is 36.6 Å². The third-order valence-electron chi connectivity index (χ3n) is 5.59. The highest BCUT2D eigenvalue weighted by Crippen LogP contribution is 3.02. The Balaban J connectivity index is 1.90. The third-order valence-corrected chi connectivity index (χ3v) is 6.72. The second-order valence-electron chi connectivity index (χ2n) is 8.12. The van der Waals surface area contributed by atoms with Crippen molar-refractivity contribution in [3.8, 4) is 5.75 Å². The Morgan fingerprint density at radius 1 is 1.27 bits per heavy atom. The molecule has 2 heterocycles. The number of fused-ring (bicyclic) bond motifs is 1. The summed E-state index contributed by atoms with van der Waals surface area (Å²) in [5.41, 5.74) is -2.69. The fourth-order valence-corrected chi connectivity index (χ4v) is 4.58. The molecule has 2 unspecified atom stereocenters. The molecule has 0 aromatic heterocycles. The van der Waals surface area contributed by atoms with Crippen molar-refractivity contribution >= 4 is 22.3 Å². The maximum Gasteiger partial charge on any atom is 0.430 e. The lowest BCUT2D eigenvalue weighted by Gasteiger charge is -2.41. The van der Waals surface area contributed by atoms with Crippen LogP contribution in [0.3, 0.4) is 0 Å². The number of aliphatic hydroxyl groups is 1. The summed E-state index contributed by atoms with van der Waals surface area (Å²) in [6.07, 6.45) is -8.74. The van der Waals surface area contributed by atoms with Crippen molar-refractivity contribution < 1.29 is 62.0 Å². The summed E-state index contributed by atoms with van der Waals surface area (Å²) >= 11 is 0. The average Bonchev–Trinajstić information content (AvgIpc) is 3.16. The number of benzene rings is 1. The first-order valence-corrected chi connectivity index (χ1v) is 12.5. The molecular weight excluding hydrogens is 550 g/mol. The van der Waals surface area contributed by atoms with Gasteiger partial charge in [0.1, 0.15) is 16.7 Å². The molecule has 1 saturated heterocycles. The molecule has 2 aliphatic rings. The fourth-order valence-electron chi connectivity index (χ4n) is 3.86. The molecule has 3 atom stereocenters. The van der Waals surface area contributed by atoms with E-state index in [1.54, 1.807) is 0 Å². The van der Waals surface area contributed by atoms with E-state index in [4.69, 9.17) is 9.47 Å². The molecular formula is C19H21F8N3O6S. The molecule has 0 radical (unpaired) electrons. The van der Waals surface area contributed by atoms with Crippen LogP contribution < -0.4 is 10.0 Å². The van der Waals surface area contributed by atoms with E-state index in [9.17, 15) is 47.7 Å². The summed E-state index contributed by atoms with van der Waals surface area (Å²) in [5, 5.41) is 25.4. The number of hydrogen-bond acceptors (Lipinski definition) is 7. The summed E-state index contributed by atoms with van der Waals surface area (Å²) in [6.45, 7) is -0.167. The van der Waals surface area contributed by atoms with Crippen LogP contribution in [0.5, 0.6) is 5.75 Å². The lowest BCUT2D eigenvalue weighted by Crippen LogP contribution is -2.60. The maximum absolute atomic E-state index is 13.7. The first kappa shape index (κ1) is 28.7. The highest BCUT2D eigenvalue weighted by Gasteiger charge is 2.66. The molecule has 2 aliphatic heterocycles. The first-order chi connectivity index (χ1) is 16.9. The van der Waals surface area contributed by atoms with Gasteiger partial charge in [0.15, 0.2) is 6.79 Å². The zero-order valence-electron chi connectivity index (χ0n) is 18.8. The van der Waals surface area contributed by atoms with Crippen LogP contribution in [0.4, 0.5) is 32.6 Å². The molecule has 1 aromatic rings. The van der Waals surface area contributed by atoms with Crippen LogP contribution in [-0.4, -0.2) is 54.0 Å². The summed E-state index contributed by atoms with van der Waals surface area (Å²) in [4.78, 5) is 10.1. The number of rotatable bonds is 8. The first-order valence-electron chi connectivity index (χ1n) is 10.5. The number of nitrogens with one attached hydrogen (secondary N) is 1. The van der Waals surface area contributed by atoms with Gasteiger partial charge in [-0.3, -0.25) is 0 Å². The Hall–Kier alpha value is -2.86. The van der Waals surface area contributed by atoms with Crippen molar-refractivity contribution in [1.29, 1.82) is 0 Å². The van der Waals surface area contributed by atoms with Gasteiger partial charge in [-0.1, -0.05) is 26.4 Å². The van der Waals surface area contributed by atoms with E-state index in [1.807, 2.05) is 0 Å². The van der Waals surface area contributed by atoms with Crippen molar-refractivity contribution in [3.05, 3.63) is 34.0 Å². The van der Waals surface area contributed by atoms with Gasteiger partial charge in [-0.25, -0.2) is 4.79 Å². The van der Waals surface area contributed by atoms with Crippen LogP contribution in [-0.2, 0) is 20.7 Å². The maximum atomic E-state index is 13.7. The van der Waals surface area contributed by atoms with Crippen LogP contribution in [0.15, 0.2) is 27.8 Å². The van der Waals surface area contributed by atoms with Gasteiger partial charge in [0.05, 0.1) is 17.4 Å². The predicted molar refractivity (Wildman–Crippen MR) is 110 cm³/mol. The SMILES string of the molecule is CCc1cc(S(F)(F)(F)(F)F)cc2c1OC(C(F)(F)F)C(C(=O)OCOC1CC[C@@H](CO)N1/N=[NH+]\[O-])=C2. The van der Waals surface area contributed by atoms with Gasteiger partial charge >= 0.3 is 22.4 Å². The lowest BCUT2D eigenvalue weighted by atomic mass is 9.98. The van der Waals surface area contributed by atoms with Gasteiger partial charge in [0, 0.05) is 12.0 Å². The number of hydrogen-bond donors (Lipinski definition) is 2. The number of carbonyl (C=O) groups excluding carboxylic acids is 1. The third kappa shape index (κ3) is 6.35. The highest BCUT2D eigenvalue weighted by molar-refractivity contribution is 8.45. The molecule has 3 rings (SSSR count). The zero-order valence-corrected chi connectivity index (χ0v) is 19.6. The number of alkyl halides is 3. The number of carbonyl (C=O) groups is 1. The molecule has 0 aliphatic carbocycles. The van der Waals surface area contributed by atoms with E-state index < -0.39 is 81.5 Å². The van der Waals surface area contributed by atoms with Crippen molar-refractivity contribution in [2.24, 2.45) is 5.22 Å². The predicted octanol–water partition coefficient (Wildman–Crippen LogP) is 3.86. The normalized spacial score (nSPS) is 24.2. The number of halogens is 8. The largest absolute Gasteiger partial charge is 0.698 e. The molecule has 0 saturated carbocycles. The summed E-state index contributed by atoms with van der Waals surface area (Å²) in [5.74, 6) is -2.43. The van der Waals surface area contributed by atoms with Crippen molar-refractivity contribution in [2.75, 3.05) is 13.4 Å². The van der Waals surface area contributed by atoms with E-state index in [-0.39, 0.29) is 25.0 Å². The van der Waals surface area contributed by atoms with E-state index in [2.05, 4.69) is 9.96 Å². The smallest absolute Gasteiger partial charge is 0.430 e. The Morgan fingerprint density at radius 2 is 1.95 bits per heavy atom. The average molecular weight is 571 g/mol. The minimum absolute atomic E-state index is 0.0215. The highest BCUT2D eigenvalue weighted by atomic mass is 32.5. The summed E-state index contributed by atoms with van der Waals surface area (Å²) in [6, 6.07) is -0.693. The minimum atomic E-state index is -10.2. The Morgan fingerprint density at radius 3 is 2.49 bits per heavy atom. The Bertz CT molecular complexity index is 1110.